The Kier molecular flexibility index (Phi) is 5.76. The van der Waals surface area contributed by atoms with Crippen molar-refractivity contribution >= 4 is 56.0 Å². The molecule has 0 aliphatic heterocycles. The molecule has 0 aliphatic carbocycles. The molecule has 1 amide bonds. The van der Waals surface area contributed by atoms with E-state index in [4.69, 9.17) is 16.9 Å². The fourth-order valence-electron chi connectivity index (χ4n) is 3.85. The third-order valence-electron chi connectivity index (χ3n) is 5.55. The van der Waals surface area contributed by atoms with Gasteiger partial charge in [-0.1, -0.05) is 23.7 Å². The fraction of sp³-hybridized carbons (Fsp3) is 0.0385. The number of hydrazone groups is 1. The molecule has 8 heteroatoms. The number of thiophene rings is 1. The van der Waals surface area contributed by atoms with E-state index in [9.17, 15) is 9.90 Å². The minimum Gasteiger partial charge on any atom is -0.507 e. The first-order valence-corrected chi connectivity index (χ1v) is 11.6. The molecular weight excluding hydrogens is 468 g/mol. The SMILES string of the molecule is N#Cc1cc(C(=O)N/N=C/c2cccc3c2ccn3Cc2csc3ccc(Cl)cc23)ccc1O. The molecular formula is C26H17ClN4O2S. The summed E-state index contributed by atoms with van der Waals surface area (Å²) in [6.07, 6.45) is 3.63. The van der Waals surface area contributed by atoms with Crippen molar-refractivity contribution in [2.24, 2.45) is 5.10 Å². The van der Waals surface area contributed by atoms with Crippen molar-refractivity contribution in [1.82, 2.24) is 9.99 Å². The normalized spacial score (nSPS) is 11.3. The van der Waals surface area contributed by atoms with Crippen LogP contribution < -0.4 is 5.43 Å². The van der Waals surface area contributed by atoms with Gasteiger partial charge >= 0.3 is 0 Å². The predicted molar refractivity (Wildman–Crippen MR) is 136 cm³/mol. The molecule has 0 radical (unpaired) electrons. The van der Waals surface area contributed by atoms with E-state index in [1.807, 2.05) is 54.7 Å². The van der Waals surface area contributed by atoms with Crippen LogP contribution in [0.25, 0.3) is 21.0 Å². The van der Waals surface area contributed by atoms with Crippen LogP contribution in [0.4, 0.5) is 0 Å². The molecule has 0 saturated heterocycles. The summed E-state index contributed by atoms with van der Waals surface area (Å²) in [6, 6.07) is 19.8. The number of phenolic OH excluding ortho intramolecular Hbond substituents is 1. The van der Waals surface area contributed by atoms with Crippen molar-refractivity contribution < 1.29 is 9.90 Å². The van der Waals surface area contributed by atoms with E-state index in [0.29, 0.717) is 6.54 Å². The monoisotopic (exact) mass is 484 g/mol. The van der Waals surface area contributed by atoms with Crippen LogP contribution in [0, 0.1) is 11.3 Å². The van der Waals surface area contributed by atoms with Crippen LogP contribution in [0.2, 0.25) is 5.02 Å². The van der Waals surface area contributed by atoms with Crippen molar-refractivity contribution in [2.75, 3.05) is 0 Å². The van der Waals surface area contributed by atoms with Crippen molar-refractivity contribution in [3.05, 3.63) is 99.5 Å². The second-order valence-electron chi connectivity index (χ2n) is 7.67. The van der Waals surface area contributed by atoms with Gasteiger partial charge in [0.1, 0.15) is 11.8 Å². The third-order valence-corrected chi connectivity index (χ3v) is 6.80. The zero-order valence-electron chi connectivity index (χ0n) is 17.7. The molecule has 0 atom stereocenters. The molecule has 3 aromatic carbocycles. The van der Waals surface area contributed by atoms with Crippen molar-refractivity contribution in [1.29, 1.82) is 5.26 Å². The van der Waals surface area contributed by atoms with Gasteiger partial charge < -0.3 is 9.67 Å². The lowest BCUT2D eigenvalue weighted by molar-refractivity contribution is 0.0955. The molecule has 0 saturated carbocycles. The van der Waals surface area contributed by atoms with Gasteiger partial charge in [0.2, 0.25) is 0 Å². The number of nitrogens with zero attached hydrogens (tertiary/aromatic N) is 3. The van der Waals surface area contributed by atoms with Crippen molar-refractivity contribution in [3.8, 4) is 11.8 Å². The van der Waals surface area contributed by atoms with Gasteiger partial charge in [-0.25, -0.2) is 5.43 Å². The number of hydrogen-bond donors (Lipinski definition) is 2. The van der Waals surface area contributed by atoms with Gasteiger partial charge in [-0.05, 0) is 64.9 Å². The lowest BCUT2D eigenvalue weighted by atomic mass is 10.1. The number of amides is 1. The maximum absolute atomic E-state index is 12.4. The quantitative estimate of drug-likeness (QED) is 0.240. The molecule has 0 unspecified atom stereocenters. The van der Waals surface area contributed by atoms with Gasteiger partial charge in [0.05, 0.1) is 11.8 Å². The Hall–Kier alpha value is -4.12. The Morgan fingerprint density at radius 3 is 2.91 bits per heavy atom. The number of rotatable bonds is 5. The van der Waals surface area contributed by atoms with Crippen LogP contribution >= 0.6 is 22.9 Å². The van der Waals surface area contributed by atoms with Gasteiger partial charge in [-0.15, -0.1) is 11.3 Å². The van der Waals surface area contributed by atoms with Gasteiger partial charge in [-0.3, -0.25) is 4.79 Å². The maximum Gasteiger partial charge on any atom is 0.271 e. The van der Waals surface area contributed by atoms with E-state index in [-0.39, 0.29) is 16.9 Å². The first-order valence-electron chi connectivity index (χ1n) is 10.3. The molecule has 2 heterocycles. The number of fused-ring (bicyclic) bond motifs is 2. The number of hydrogen-bond acceptors (Lipinski definition) is 5. The third kappa shape index (κ3) is 4.13. The molecule has 5 rings (SSSR count). The maximum atomic E-state index is 12.4. The van der Waals surface area contributed by atoms with E-state index in [0.717, 1.165) is 26.9 Å². The number of carbonyl (C=O) groups is 1. The number of nitriles is 1. The van der Waals surface area contributed by atoms with E-state index in [1.165, 1.54) is 28.5 Å². The van der Waals surface area contributed by atoms with Crippen LogP contribution in [0.15, 0.2) is 77.3 Å². The van der Waals surface area contributed by atoms with E-state index in [1.54, 1.807) is 17.6 Å². The number of carbonyl (C=O) groups excluding carboxylic acids is 1. The molecule has 6 nitrogen and oxygen atoms in total. The average Bonchev–Trinajstić information content (AvgIpc) is 3.44. The largest absolute Gasteiger partial charge is 0.507 e. The van der Waals surface area contributed by atoms with Crippen molar-refractivity contribution in [2.45, 2.75) is 6.54 Å². The molecule has 0 fully saturated rings. The molecule has 166 valence electrons. The Balaban J connectivity index is 1.37. The van der Waals surface area contributed by atoms with Crippen molar-refractivity contribution in [3.63, 3.8) is 0 Å². The number of phenols is 1. The minimum atomic E-state index is -0.472. The molecule has 2 aromatic heterocycles. The zero-order chi connectivity index (χ0) is 23.7. The van der Waals surface area contributed by atoms with Crippen LogP contribution in [0.5, 0.6) is 5.75 Å². The first kappa shape index (κ1) is 21.7. The van der Waals surface area contributed by atoms with Crippen LogP contribution in [0.1, 0.15) is 27.0 Å². The topological polar surface area (TPSA) is 90.4 Å². The molecule has 0 aliphatic rings. The summed E-state index contributed by atoms with van der Waals surface area (Å²) in [5.74, 6) is -0.641. The van der Waals surface area contributed by atoms with Crippen LogP contribution in [0.3, 0.4) is 0 Å². The van der Waals surface area contributed by atoms with Gasteiger partial charge in [0.25, 0.3) is 5.91 Å². The highest BCUT2D eigenvalue weighted by Crippen LogP contribution is 2.30. The highest BCUT2D eigenvalue weighted by Gasteiger charge is 2.10. The van der Waals surface area contributed by atoms with Gasteiger partial charge in [0.15, 0.2) is 0 Å². The Labute approximate surface area is 203 Å². The standard InChI is InChI=1S/C26H17ClN4O2S/c27-20-5-7-25-22(11-20)19(15-34-25)14-31-9-8-21-17(2-1-3-23(21)31)13-29-30-26(33)16-4-6-24(32)18(10-16)12-28/h1-11,13,15,32H,14H2,(H,30,33)/b29-13+. The molecule has 0 bridgehead atoms. The smallest absolute Gasteiger partial charge is 0.271 e. The second-order valence-corrected chi connectivity index (χ2v) is 9.02. The van der Waals surface area contributed by atoms with E-state index in [2.05, 4.69) is 20.5 Å². The Morgan fingerprint density at radius 2 is 2.06 bits per heavy atom. The highest BCUT2D eigenvalue weighted by molar-refractivity contribution is 7.17. The molecule has 34 heavy (non-hydrogen) atoms. The fourth-order valence-corrected chi connectivity index (χ4v) is 4.96. The van der Waals surface area contributed by atoms with E-state index >= 15 is 0 Å². The molecule has 5 aromatic rings. The summed E-state index contributed by atoms with van der Waals surface area (Å²) in [5, 5.41) is 27.8. The van der Waals surface area contributed by atoms with Gasteiger partial charge in [-0.2, -0.15) is 10.4 Å². The lowest BCUT2D eigenvalue weighted by Gasteiger charge is -2.06. The molecule has 0 spiro atoms. The Morgan fingerprint density at radius 1 is 1.18 bits per heavy atom. The average molecular weight is 485 g/mol. The number of nitrogens with one attached hydrogen (secondary N) is 1. The summed E-state index contributed by atoms with van der Waals surface area (Å²) < 4.78 is 3.38. The number of halogens is 1. The number of aromatic hydroxyl groups is 1. The summed E-state index contributed by atoms with van der Waals surface area (Å²) in [7, 11) is 0. The van der Waals surface area contributed by atoms with E-state index < -0.39 is 5.91 Å². The minimum absolute atomic E-state index is 0.0309. The molecule has 2 N–H and O–H groups in total. The van der Waals surface area contributed by atoms with Crippen LogP contribution in [-0.4, -0.2) is 21.8 Å². The first-order chi connectivity index (χ1) is 16.5. The summed E-state index contributed by atoms with van der Waals surface area (Å²) in [4.78, 5) is 12.4. The van der Waals surface area contributed by atoms with Crippen LogP contribution in [-0.2, 0) is 6.54 Å². The summed E-state index contributed by atoms with van der Waals surface area (Å²) in [5.41, 5.74) is 5.85. The second kappa shape index (κ2) is 9.02. The zero-order valence-corrected chi connectivity index (χ0v) is 19.3. The van der Waals surface area contributed by atoms with Gasteiger partial charge in [0, 0.05) is 44.5 Å². The lowest BCUT2D eigenvalue weighted by Crippen LogP contribution is -2.17. The Bertz CT molecular complexity index is 1630. The predicted octanol–water partition coefficient (Wildman–Crippen LogP) is 5.90. The summed E-state index contributed by atoms with van der Waals surface area (Å²) >= 11 is 7.91. The number of aromatic nitrogens is 1. The summed E-state index contributed by atoms with van der Waals surface area (Å²) in [6.45, 7) is 0.712. The highest BCUT2D eigenvalue weighted by atomic mass is 35.5. The number of benzene rings is 3.